The molecule has 4 aromatic rings. The maximum Gasteiger partial charge on any atom is 0.260 e. The molecule has 32 heavy (non-hydrogen) atoms. The standard InChI is InChI=1S/C27H26N2O2S/c1-18-10-15-24-25(19(18)2)28-27(32-24)29(17-23-9-6-16-31-23)26(30)22-13-11-21(12-14-22)20-7-4-3-5-8-20/h3-5,7-8,10-15,23H,6,9,16-17H2,1-2H3. The van der Waals surface area contributed by atoms with Gasteiger partial charge in [-0.05, 0) is 67.1 Å². The maximum absolute atomic E-state index is 13.6. The van der Waals surface area contributed by atoms with Gasteiger partial charge in [-0.3, -0.25) is 9.69 Å². The largest absolute Gasteiger partial charge is 0.376 e. The summed E-state index contributed by atoms with van der Waals surface area (Å²) in [4.78, 5) is 20.4. The summed E-state index contributed by atoms with van der Waals surface area (Å²) in [6.07, 6.45) is 2.06. The van der Waals surface area contributed by atoms with E-state index in [-0.39, 0.29) is 12.0 Å². The molecule has 0 bridgehead atoms. The molecule has 0 N–H and O–H groups in total. The Labute approximate surface area is 192 Å². The average molecular weight is 443 g/mol. The number of anilines is 1. The second-order valence-electron chi connectivity index (χ2n) is 8.34. The van der Waals surface area contributed by atoms with Gasteiger partial charge in [-0.2, -0.15) is 0 Å². The number of amides is 1. The number of benzene rings is 3. The first-order valence-corrected chi connectivity index (χ1v) is 11.9. The number of ether oxygens (including phenoxy) is 1. The normalized spacial score (nSPS) is 15.9. The Kier molecular flexibility index (Phi) is 5.77. The van der Waals surface area contributed by atoms with Crippen molar-refractivity contribution in [3.05, 3.63) is 83.4 Å². The van der Waals surface area contributed by atoms with E-state index in [0.29, 0.717) is 12.1 Å². The number of carbonyl (C=O) groups is 1. The van der Waals surface area contributed by atoms with Crippen LogP contribution in [0.15, 0.2) is 66.7 Å². The fourth-order valence-corrected chi connectivity index (χ4v) is 5.19. The van der Waals surface area contributed by atoms with Gasteiger partial charge in [0.1, 0.15) is 0 Å². The molecule has 3 aromatic carbocycles. The zero-order valence-corrected chi connectivity index (χ0v) is 19.2. The quantitative estimate of drug-likeness (QED) is 0.359. The second-order valence-corrected chi connectivity index (χ2v) is 9.35. The molecule has 0 radical (unpaired) electrons. The molecule has 1 aliphatic rings. The summed E-state index contributed by atoms with van der Waals surface area (Å²) in [5.41, 5.74) is 6.26. The minimum atomic E-state index is -0.0338. The molecule has 1 saturated heterocycles. The van der Waals surface area contributed by atoms with E-state index in [2.05, 4.69) is 38.1 Å². The van der Waals surface area contributed by atoms with Crippen LogP contribution in [0.4, 0.5) is 5.13 Å². The number of aryl methyl sites for hydroxylation is 2. The highest BCUT2D eigenvalue weighted by Gasteiger charge is 2.27. The molecule has 1 atom stereocenters. The molecule has 1 amide bonds. The predicted octanol–water partition coefficient (Wildman–Crippen LogP) is 6.41. The van der Waals surface area contributed by atoms with Gasteiger partial charge < -0.3 is 4.74 Å². The molecule has 0 aliphatic carbocycles. The highest BCUT2D eigenvalue weighted by Crippen LogP contribution is 2.33. The summed E-state index contributed by atoms with van der Waals surface area (Å²) in [5, 5.41) is 0.737. The second kappa shape index (κ2) is 8.85. The lowest BCUT2D eigenvalue weighted by Gasteiger charge is -2.23. The number of rotatable bonds is 5. The molecule has 5 rings (SSSR count). The van der Waals surface area contributed by atoms with E-state index in [1.807, 2.05) is 47.4 Å². The van der Waals surface area contributed by atoms with Gasteiger partial charge in [-0.1, -0.05) is 59.9 Å². The van der Waals surface area contributed by atoms with E-state index in [9.17, 15) is 4.79 Å². The van der Waals surface area contributed by atoms with Crippen LogP contribution < -0.4 is 4.90 Å². The first-order valence-electron chi connectivity index (χ1n) is 11.1. The number of hydrogen-bond donors (Lipinski definition) is 0. The van der Waals surface area contributed by atoms with Gasteiger partial charge in [0.15, 0.2) is 5.13 Å². The Balaban J connectivity index is 1.49. The Bertz CT molecular complexity index is 1240. The van der Waals surface area contributed by atoms with Crippen LogP contribution >= 0.6 is 11.3 Å². The Morgan fingerprint density at radius 1 is 1.03 bits per heavy atom. The third kappa shape index (κ3) is 4.06. The van der Waals surface area contributed by atoms with Crippen LogP contribution in [-0.2, 0) is 4.74 Å². The zero-order valence-electron chi connectivity index (χ0n) is 18.4. The molecular formula is C27H26N2O2S. The Hall–Kier alpha value is -3.02. The molecule has 0 saturated carbocycles. The van der Waals surface area contributed by atoms with E-state index in [1.165, 1.54) is 11.1 Å². The number of thiazole rings is 1. The molecule has 1 aliphatic heterocycles. The van der Waals surface area contributed by atoms with Crippen LogP contribution in [0.5, 0.6) is 0 Å². The Morgan fingerprint density at radius 2 is 1.78 bits per heavy atom. The molecular weight excluding hydrogens is 416 g/mol. The number of carbonyl (C=O) groups excluding carboxylic acids is 1. The van der Waals surface area contributed by atoms with E-state index in [1.54, 1.807) is 11.3 Å². The van der Waals surface area contributed by atoms with Gasteiger partial charge in [0.2, 0.25) is 0 Å². The van der Waals surface area contributed by atoms with Gasteiger partial charge in [0, 0.05) is 12.2 Å². The van der Waals surface area contributed by atoms with Crippen LogP contribution in [0.25, 0.3) is 21.3 Å². The lowest BCUT2D eigenvalue weighted by atomic mass is 10.0. The summed E-state index contributed by atoms with van der Waals surface area (Å²) in [5.74, 6) is -0.0338. The van der Waals surface area contributed by atoms with Crippen molar-refractivity contribution in [2.45, 2.75) is 32.8 Å². The predicted molar refractivity (Wildman–Crippen MR) is 132 cm³/mol. The summed E-state index contributed by atoms with van der Waals surface area (Å²) < 4.78 is 6.97. The minimum Gasteiger partial charge on any atom is -0.376 e. The Morgan fingerprint density at radius 3 is 2.50 bits per heavy atom. The molecule has 0 spiro atoms. The lowest BCUT2D eigenvalue weighted by Crippen LogP contribution is -2.37. The molecule has 1 unspecified atom stereocenters. The molecule has 2 heterocycles. The van der Waals surface area contributed by atoms with Gasteiger partial charge in [0.25, 0.3) is 5.91 Å². The van der Waals surface area contributed by atoms with Crippen molar-refractivity contribution in [3.8, 4) is 11.1 Å². The third-order valence-electron chi connectivity index (χ3n) is 6.20. The molecule has 1 aromatic heterocycles. The van der Waals surface area contributed by atoms with Gasteiger partial charge >= 0.3 is 0 Å². The molecule has 4 nitrogen and oxygen atoms in total. The van der Waals surface area contributed by atoms with Crippen LogP contribution in [0, 0.1) is 13.8 Å². The van der Waals surface area contributed by atoms with E-state index < -0.39 is 0 Å². The van der Waals surface area contributed by atoms with Crippen molar-refractivity contribution in [1.29, 1.82) is 0 Å². The van der Waals surface area contributed by atoms with Gasteiger partial charge in [-0.15, -0.1) is 0 Å². The van der Waals surface area contributed by atoms with Crippen molar-refractivity contribution < 1.29 is 9.53 Å². The third-order valence-corrected chi connectivity index (χ3v) is 7.24. The van der Waals surface area contributed by atoms with Crippen molar-refractivity contribution in [3.63, 3.8) is 0 Å². The highest BCUT2D eigenvalue weighted by atomic mass is 32.1. The summed E-state index contributed by atoms with van der Waals surface area (Å²) in [6.45, 7) is 5.47. The topological polar surface area (TPSA) is 42.4 Å². The van der Waals surface area contributed by atoms with Crippen LogP contribution in [-0.4, -0.2) is 30.1 Å². The highest BCUT2D eigenvalue weighted by molar-refractivity contribution is 7.22. The van der Waals surface area contributed by atoms with E-state index in [0.717, 1.165) is 45.9 Å². The number of fused-ring (bicyclic) bond motifs is 1. The van der Waals surface area contributed by atoms with Crippen LogP contribution in [0.3, 0.4) is 0 Å². The number of aromatic nitrogens is 1. The van der Waals surface area contributed by atoms with Gasteiger partial charge in [0.05, 0.1) is 22.9 Å². The van der Waals surface area contributed by atoms with E-state index >= 15 is 0 Å². The maximum atomic E-state index is 13.6. The fraction of sp³-hybridized carbons (Fsp3) is 0.259. The minimum absolute atomic E-state index is 0.0338. The zero-order chi connectivity index (χ0) is 22.1. The molecule has 1 fully saturated rings. The fourth-order valence-electron chi connectivity index (χ4n) is 4.16. The van der Waals surface area contributed by atoms with Gasteiger partial charge in [-0.25, -0.2) is 4.98 Å². The van der Waals surface area contributed by atoms with Crippen molar-refractivity contribution in [2.24, 2.45) is 0 Å². The van der Waals surface area contributed by atoms with Crippen molar-refractivity contribution in [2.75, 3.05) is 18.1 Å². The summed E-state index contributed by atoms with van der Waals surface area (Å²) in [6, 6.07) is 22.3. The summed E-state index contributed by atoms with van der Waals surface area (Å²) >= 11 is 1.57. The first kappa shape index (κ1) is 20.9. The van der Waals surface area contributed by atoms with E-state index in [4.69, 9.17) is 9.72 Å². The van der Waals surface area contributed by atoms with Crippen LogP contribution in [0.2, 0.25) is 0 Å². The molecule has 162 valence electrons. The first-order chi connectivity index (χ1) is 15.6. The average Bonchev–Trinajstić information content (AvgIpc) is 3.50. The molecule has 5 heteroatoms. The van der Waals surface area contributed by atoms with Crippen molar-refractivity contribution in [1.82, 2.24) is 4.98 Å². The lowest BCUT2D eigenvalue weighted by molar-refractivity contribution is 0.0917. The monoisotopic (exact) mass is 442 g/mol. The number of nitrogens with zero attached hydrogens (tertiary/aromatic N) is 2. The van der Waals surface area contributed by atoms with Crippen LogP contribution in [0.1, 0.15) is 34.3 Å². The smallest absolute Gasteiger partial charge is 0.260 e. The SMILES string of the molecule is Cc1ccc2sc(N(CC3CCCO3)C(=O)c3ccc(-c4ccccc4)cc3)nc2c1C. The number of hydrogen-bond acceptors (Lipinski definition) is 4. The summed E-state index contributed by atoms with van der Waals surface area (Å²) in [7, 11) is 0. The van der Waals surface area contributed by atoms with Crippen molar-refractivity contribution >= 4 is 32.6 Å².